The van der Waals surface area contributed by atoms with Gasteiger partial charge in [-0.1, -0.05) is 20.8 Å². The standard InChI is InChI=1S/C7H13O.Y/c1-5-6(8)7(2,3)4;/h1,5H2,2-4H3;/q-1;. The van der Waals surface area contributed by atoms with E-state index in [0.717, 1.165) is 0 Å². The van der Waals surface area contributed by atoms with Crippen molar-refractivity contribution in [2.45, 2.75) is 27.2 Å². The number of Topliss-reactive ketones (excluding diaryl/α,β-unsaturated/α-hetero) is 1. The van der Waals surface area contributed by atoms with Crippen LogP contribution in [-0.2, 0) is 37.5 Å². The smallest absolute Gasteiger partial charge is 0.108 e. The molecule has 0 aromatic rings. The van der Waals surface area contributed by atoms with Gasteiger partial charge in [0.15, 0.2) is 0 Å². The van der Waals surface area contributed by atoms with Crippen molar-refractivity contribution in [2.75, 3.05) is 0 Å². The van der Waals surface area contributed by atoms with Gasteiger partial charge in [0.2, 0.25) is 0 Å². The van der Waals surface area contributed by atoms with Gasteiger partial charge in [-0.2, -0.15) is 0 Å². The predicted octanol–water partition coefficient (Wildman–Crippen LogP) is 1.82. The van der Waals surface area contributed by atoms with Crippen LogP contribution in [0.2, 0.25) is 0 Å². The maximum Gasteiger partial charge on any atom is 0.108 e. The maximum atomic E-state index is 10.8. The summed E-state index contributed by atoms with van der Waals surface area (Å²) in [6, 6.07) is 0. The minimum atomic E-state index is -0.193. The fourth-order valence-electron chi connectivity index (χ4n) is 0.375. The molecule has 0 N–H and O–H groups in total. The van der Waals surface area contributed by atoms with E-state index in [0.29, 0.717) is 6.42 Å². The molecule has 0 aromatic carbocycles. The van der Waals surface area contributed by atoms with Crippen molar-refractivity contribution >= 4 is 5.78 Å². The average Bonchev–Trinajstić information content (AvgIpc) is 1.62. The van der Waals surface area contributed by atoms with E-state index >= 15 is 0 Å². The van der Waals surface area contributed by atoms with Crippen LogP contribution < -0.4 is 0 Å². The van der Waals surface area contributed by atoms with E-state index in [9.17, 15) is 4.79 Å². The zero-order chi connectivity index (χ0) is 6.78. The van der Waals surface area contributed by atoms with Gasteiger partial charge in [0.05, 0.1) is 0 Å². The Kier molecular flexibility index (Phi) is 6.32. The molecule has 0 saturated heterocycles. The Hall–Kier alpha value is 0.774. The second kappa shape index (κ2) is 4.57. The maximum absolute atomic E-state index is 10.8. The van der Waals surface area contributed by atoms with Crippen LogP contribution >= 0.6 is 0 Å². The fraction of sp³-hybridized carbons (Fsp3) is 0.714. The first-order chi connectivity index (χ1) is 3.48. The summed E-state index contributed by atoms with van der Waals surface area (Å²) in [6.45, 7) is 9.21. The Labute approximate surface area is 82.5 Å². The molecule has 0 aromatic heterocycles. The Morgan fingerprint density at radius 2 is 1.78 bits per heavy atom. The molecule has 0 rings (SSSR count). The second-order valence-corrected chi connectivity index (χ2v) is 2.92. The number of carbonyl (C=O) groups excluding carboxylic acids is 1. The van der Waals surface area contributed by atoms with Crippen molar-refractivity contribution in [3.8, 4) is 0 Å². The predicted molar refractivity (Wildman–Crippen MR) is 34.4 cm³/mol. The van der Waals surface area contributed by atoms with Crippen LogP contribution in [0.15, 0.2) is 0 Å². The molecule has 0 saturated carbocycles. The zero-order valence-corrected chi connectivity index (χ0v) is 9.24. The van der Waals surface area contributed by atoms with Gasteiger partial charge in [0, 0.05) is 38.1 Å². The van der Waals surface area contributed by atoms with Gasteiger partial charge < -0.3 is 11.7 Å². The van der Waals surface area contributed by atoms with Crippen molar-refractivity contribution in [1.82, 2.24) is 0 Å². The summed E-state index contributed by atoms with van der Waals surface area (Å²) in [6.07, 6.45) is 0.406. The third kappa shape index (κ3) is 5.23. The van der Waals surface area contributed by atoms with Crippen molar-refractivity contribution < 1.29 is 37.5 Å². The van der Waals surface area contributed by atoms with Gasteiger partial charge in [-0.25, -0.2) is 0 Å². The molecular weight excluding hydrogens is 189 g/mol. The molecule has 0 unspecified atom stereocenters. The van der Waals surface area contributed by atoms with Crippen molar-refractivity contribution in [3.05, 3.63) is 6.92 Å². The third-order valence-corrected chi connectivity index (χ3v) is 1.06. The van der Waals surface area contributed by atoms with E-state index in [4.69, 9.17) is 0 Å². The summed E-state index contributed by atoms with van der Waals surface area (Å²) in [5.74, 6) is 0.220. The molecule has 0 atom stereocenters. The molecule has 0 bridgehead atoms. The van der Waals surface area contributed by atoms with Crippen LogP contribution in [0, 0.1) is 12.3 Å². The monoisotopic (exact) mass is 202 g/mol. The summed E-state index contributed by atoms with van der Waals surface area (Å²) >= 11 is 0. The Morgan fingerprint density at radius 3 is 1.78 bits per heavy atom. The molecule has 0 amide bonds. The summed E-state index contributed by atoms with van der Waals surface area (Å²) in [5.41, 5.74) is -0.193. The van der Waals surface area contributed by atoms with Crippen LogP contribution in [0.4, 0.5) is 0 Å². The Balaban J connectivity index is 0. The Bertz CT molecular complexity index is 91.6. The van der Waals surface area contributed by atoms with E-state index in [-0.39, 0.29) is 43.9 Å². The van der Waals surface area contributed by atoms with Crippen LogP contribution in [0.5, 0.6) is 0 Å². The van der Waals surface area contributed by atoms with Gasteiger partial charge in [-0.05, 0) is 0 Å². The molecule has 0 fully saturated rings. The number of hydrogen-bond acceptors (Lipinski definition) is 1. The molecular formula is C7H13OY-. The number of carbonyl (C=O) groups is 1. The van der Waals surface area contributed by atoms with E-state index in [1.165, 1.54) is 0 Å². The quantitative estimate of drug-likeness (QED) is 0.593. The third-order valence-electron chi connectivity index (χ3n) is 1.06. The van der Waals surface area contributed by atoms with E-state index in [1.54, 1.807) is 0 Å². The topological polar surface area (TPSA) is 17.1 Å². The minimum Gasteiger partial charge on any atom is -0.336 e. The molecule has 0 heterocycles. The second-order valence-electron chi connectivity index (χ2n) is 2.92. The Morgan fingerprint density at radius 1 is 1.44 bits per heavy atom. The van der Waals surface area contributed by atoms with E-state index in [2.05, 4.69) is 6.92 Å². The molecule has 2 heteroatoms. The van der Waals surface area contributed by atoms with Crippen LogP contribution in [-0.4, -0.2) is 5.78 Å². The molecule has 9 heavy (non-hydrogen) atoms. The van der Waals surface area contributed by atoms with Gasteiger partial charge in [-0.3, -0.25) is 0 Å². The number of hydrogen-bond donors (Lipinski definition) is 0. The first-order valence-electron chi connectivity index (χ1n) is 2.81. The zero-order valence-electron chi connectivity index (χ0n) is 6.40. The molecule has 0 aliphatic rings. The molecule has 1 nitrogen and oxygen atoms in total. The largest absolute Gasteiger partial charge is 0.336 e. The minimum absolute atomic E-state index is 0. The molecule has 0 aliphatic carbocycles. The van der Waals surface area contributed by atoms with Crippen LogP contribution in [0.1, 0.15) is 27.2 Å². The number of rotatable bonds is 1. The van der Waals surface area contributed by atoms with Crippen LogP contribution in [0.3, 0.4) is 0 Å². The van der Waals surface area contributed by atoms with Crippen molar-refractivity contribution in [2.24, 2.45) is 5.41 Å². The molecule has 0 aliphatic heterocycles. The van der Waals surface area contributed by atoms with Crippen LogP contribution in [0.25, 0.3) is 0 Å². The molecule has 0 spiro atoms. The van der Waals surface area contributed by atoms with Crippen molar-refractivity contribution in [1.29, 1.82) is 0 Å². The molecule has 51 valence electrons. The fourth-order valence-corrected chi connectivity index (χ4v) is 0.375. The van der Waals surface area contributed by atoms with Gasteiger partial charge in [0.25, 0.3) is 0 Å². The number of ketones is 1. The summed E-state index contributed by atoms with van der Waals surface area (Å²) in [5, 5.41) is 0. The van der Waals surface area contributed by atoms with E-state index < -0.39 is 0 Å². The summed E-state index contributed by atoms with van der Waals surface area (Å²) < 4.78 is 0. The molecule has 1 radical (unpaired) electrons. The summed E-state index contributed by atoms with van der Waals surface area (Å²) in [4.78, 5) is 10.8. The SMILES string of the molecule is [CH2-]CC(=O)C(C)(C)C.[Y]. The van der Waals surface area contributed by atoms with E-state index in [1.807, 2.05) is 20.8 Å². The van der Waals surface area contributed by atoms with Gasteiger partial charge >= 0.3 is 0 Å². The average molecular weight is 202 g/mol. The van der Waals surface area contributed by atoms with Gasteiger partial charge in [-0.15, -0.1) is 6.42 Å². The van der Waals surface area contributed by atoms with Crippen molar-refractivity contribution in [3.63, 3.8) is 0 Å². The van der Waals surface area contributed by atoms with Gasteiger partial charge in [0.1, 0.15) is 5.78 Å². The first kappa shape index (κ1) is 12.5. The summed E-state index contributed by atoms with van der Waals surface area (Å²) in [7, 11) is 0. The normalized spacial score (nSPS) is 10.2. The first-order valence-corrected chi connectivity index (χ1v) is 2.81.